The van der Waals surface area contributed by atoms with Crippen LogP contribution < -0.4 is 4.72 Å². The van der Waals surface area contributed by atoms with Crippen LogP contribution in [0.4, 0.5) is 4.39 Å². The highest BCUT2D eigenvalue weighted by Gasteiger charge is 2.20. The molecule has 2 aromatic rings. The molecule has 0 radical (unpaired) electrons. The van der Waals surface area contributed by atoms with E-state index in [0.717, 1.165) is 16.1 Å². The number of nitrogens with zero attached hydrogens (tertiary/aromatic N) is 1. The fourth-order valence-corrected chi connectivity index (χ4v) is 3.14. The Balaban J connectivity index is 2.25. The Bertz CT molecular complexity index is 799. The highest BCUT2D eigenvalue weighted by Crippen LogP contribution is 2.18. The van der Waals surface area contributed by atoms with Crippen molar-refractivity contribution in [2.75, 3.05) is 0 Å². The summed E-state index contributed by atoms with van der Waals surface area (Å²) in [5.41, 5.74) is 0.262. The van der Waals surface area contributed by atoms with Crippen molar-refractivity contribution < 1.29 is 12.8 Å². The van der Waals surface area contributed by atoms with Crippen molar-refractivity contribution in [2.24, 2.45) is 0 Å². The maximum absolute atomic E-state index is 13.5. The summed E-state index contributed by atoms with van der Waals surface area (Å²) in [6.07, 6.45) is 0. The second-order valence-electron chi connectivity index (χ2n) is 4.18. The first kappa shape index (κ1) is 15.6. The average molecular weight is 369 g/mol. The van der Waals surface area contributed by atoms with Crippen molar-refractivity contribution in [1.29, 1.82) is 5.26 Å². The second-order valence-corrected chi connectivity index (χ2v) is 6.83. The lowest BCUT2D eigenvalue weighted by atomic mass is 10.2. The second kappa shape index (κ2) is 6.35. The number of benzene rings is 2. The first-order valence-corrected chi connectivity index (χ1v) is 8.14. The van der Waals surface area contributed by atoms with Gasteiger partial charge in [0, 0.05) is 11.0 Å². The van der Waals surface area contributed by atoms with Crippen LogP contribution >= 0.6 is 15.9 Å². The molecule has 0 bridgehead atoms. The molecule has 2 aromatic carbocycles. The number of sulfonamides is 1. The molecule has 0 fully saturated rings. The highest BCUT2D eigenvalue weighted by atomic mass is 79.9. The number of hydrogen-bond donors (Lipinski definition) is 1. The van der Waals surface area contributed by atoms with Crippen LogP contribution in [0, 0.1) is 17.1 Å². The number of hydrogen-bond acceptors (Lipinski definition) is 3. The van der Waals surface area contributed by atoms with E-state index in [9.17, 15) is 12.8 Å². The van der Waals surface area contributed by atoms with Gasteiger partial charge in [-0.3, -0.25) is 0 Å². The third kappa shape index (κ3) is 3.67. The van der Waals surface area contributed by atoms with Crippen molar-refractivity contribution in [3.8, 4) is 6.07 Å². The monoisotopic (exact) mass is 368 g/mol. The molecule has 0 unspecified atom stereocenters. The van der Waals surface area contributed by atoms with E-state index in [2.05, 4.69) is 20.7 Å². The maximum atomic E-state index is 13.5. The SMILES string of the molecule is N#Cc1c(F)cccc1S(=O)(=O)NCc1ccc(Br)cc1. The number of nitriles is 1. The number of rotatable bonds is 4. The Morgan fingerprint density at radius 3 is 2.48 bits per heavy atom. The van der Waals surface area contributed by atoms with Crippen LogP contribution in [0.5, 0.6) is 0 Å². The van der Waals surface area contributed by atoms with Gasteiger partial charge in [-0.25, -0.2) is 17.5 Å². The molecule has 21 heavy (non-hydrogen) atoms. The predicted octanol–water partition coefficient (Wildman–Crippen LogP) is 2.94. The number of nitrogens with one attached hydrogen (secondary N) is 1. The van der Waals surface area contributed by atoms with Gasteiger partial charge in [0.1, 0.15) is 22.3 Å². The van der Waals surface area contributed by atoms with E-state index < -0.39 is 21.4 Å². The van der Waals surface area contributed by atoms with E-state index in [0.29, 0.717) is 0 Å². The summed E-state index contributed by atoms with van der Waals surface area (Å²) >= 11 is 3.28. The van der Waals surface area contributed by atoms with Crippen LogP contribution in [0.2, 0.25) is 0 Å². The molecule has 0 aromatic heterocycles. The van der Waals surface area contributed by atoms with Crippen molar-refractivity contribution in [2.45, 2.75) is 11.4 Å². The summed E-state index contributed by atoms with van der Waals surface area (Å²) in [7, 11) is -3.96. The minimum absolute atomic E-state index is 0.0526. The first-order valence-electron chi connectivity index (χ1n) is 5.87. The van der Waals surface area contributed by atoms with Gasteiger partial charge in [0.2, 0.25) is 10.0 Å². The van der Waals surface area contributed by atoms with Gasteiger partial charge < -0.3 is 0 Å². The third-order valence-electron chi connectivity index (χ3n) is 2.76. The molecule has 108 valence electrons. The normalized spacial score (nSPS) is 11.1. The largest absolute Gasteiger partial charge is 0.242 e. The molecule has 1 N–H and O–H groups in total. The van der Waals surface area contributed by atoms with Crippen LogP contribution in [0.3, 0.4) is 0 Å². The molecule has 7 heteroatoms. The van der Waals surface area contributed by atoms with Crippen molar-refractivity contribution >= 4 is 26.0 Å². The molecule has 0 amide bonds. The molecule has 0 aliphatic carbocycles. The number of halogens is 2. The summed E-state index contributed by atoms with van der Waals surface area (Å²) in [4.78, 5) is -0.359. The van der Waals surface area contributed by atoms with E-state index in [1.807, 2.05) is 0 Å². The zero-order valence-electron chi connectivity index (χ0n) is 10.7. The highest BCUT2D eigenvalue weighted by molar-refractivity contribution is 9.10. The van der Waals surface area contributed by atoms with E-state index in [4.69, 9.17) is 5.26 Å². The van der Waals surface area contributed by atoms with Crippen LogP contribution in [0.1, 0.15) is 11.1 Å². The van der Waals surface area contributed by atoms with E-state index >= 15 is 0 Å². The molecule has 0 saturated carbocycles. The Kier molecular flexibility index (Phi) is 4.73. The molecule has 4 nitrogen and oxygen atoms in total. The minimum atomic E-state index is -3.96. The lowest BCUT2D eigenvalue weighted by Gasteiger charge is -2.08. The lowest BCUT2D eigenvalue weighted by Crippen LogP contribution is -2.24. The van der Waals surface area contributed by atoms with Gasteiger partial charge in [-0.1, -0.05) is 34.1 Å². The van der Waals surface area contributed by atoms with Crippen LogP contribution in [-0.4, -0.2) is 8.42 Å². The van der Waals surface area contributed by atoms with Crippen LogP contribution in [-0.2, 0) is 16.6 Å². The lowest BCUT2D eigenvalue weighted by molar-refractivity contribution is 0.576. The Hall–Kier alpha value is -1.75. The summed E-state index contributed by atoms with van der Waals surface area (Å²) in [5.74, 6) is -0.857. The molecule has 0 aliphatic rings. The Morgan fingerprint density at radius 2 is 1.86 bits per heavy atom. The molecular weight excluding hydrogens is 359 g/mol. The smallest absolute Gasteiger partial charge is 0.207 e. The van der Waals surface area contributed by atoms with Gasteiger partial charge in [-0.2, -0.15) is 5.26 Å². The van der Waals surface area contributed by atoms with Gasteiger partial charge in [0.15, 0.2) is 0 Å². The molecular formula is C14H10BrFN2O2S. The summed E-state index contributed by atoms with van der Waals surface area (Å²) in [6, 6.07) is 12.2. The standard InChI is InChI=1S/C14H10BrFN2O2S/c15-11-6-4-10(5-7-11)9-18-21(19,20)14-3-1-2-13(16)12(14)8-17/h1-7,18H,9H2. The quantitative estimate of drug-likeness (QED) is 0.901. The van der Waals surface area contributed by atoms with E-state index in [1.54, 1.807) is 30.3 Å². The Labute approximate surface area is 130 Å². The molecule has 0 aliphatic heterocycles. The van der Waals surface area contributed by atoms with Gasteiger partial charge >= 0.3 is 0 Å². The van der Waals surface area contributed by atoms with Gasteiger partial charge in [0.05, 0.1) is 0 Å². The predicted molar refractivity (Wildman–Crippen MR) is 79.3 cm³/mol. The van der Waals surface area contributed by atoms with Crippen molar-refractivity contribution in [3.05, 3.63) is 63.9 Å². The zero-order valence-corrected chi connectivity index (χ0v) is 13.1. The van der Waals surface area contributed by atoms with Gasteiger partial charge in [-0.15, -0.1) is 0 Å². The van der Waals surface area contributed by atoms with Crippen LogP contribution in [0.15, 0.2) is 51.8 Å². The fraction of sp³-hybridized carbons (Fsp3) is 0.0714. The van der Waals surface area contributed by atoms with E-state index in [1.165, 1.54) is 12.1 Å². The molecule has 0 spiro atoms. The fourth-order valence-electron chi connectivity index (χ4n) is 1.70. The molecule has 0 heterocycles. The van der Waals surface area contributed by atoms with Gasteiger partial charge in [-0.05, 0) is 29.8 Å². The first-order chi connectivity index (χ1) is 9.94. The maximum Gasteiger partial charge on any atom is 0.242 e. The van der Waals surface area contributed by atoms with Crippen molar-refractivity contribution in [3.63, 3.8) is 0 Å². The summed E-state index contributed by atoms with van der Waals surface area (Å²) in [5, 5.41) is 8.89. The molecule has 2 rings (SSSR count). The van der Waals surface area contributed by atoms with E-state index in [-0.39, 0.29) is 11.4 Å². The van der Waals surface area contributed by atoms with Crippen molar-refractivity contribution in [1.82, 2.24) is 4.72 Å². The van der Waals surface area contributed by atoms with Crippen LogP contribution in [0.25, 0.3) is 0 Å². The molecule has 0 atom stereocenters. The topological polar surface area (TPSA) is 70.0 Å². The third-order valence-corrected chi connectivity index (χ3v) is 4.73. The summed E-state index contributed by atoms with van der Waals surface area (Å²) in [6.45, 7) is 0.0526. The molecule has 0 saturated heterocycles. The zero-order chi connectivity index (χ0) is 15.5. The van der Waals surface area contributed by atoms with Gasteiger partial charge in [0.25, 0.3) is 0 Å². The summed E-state index contributed by atoms with van der Waals surface area (Å²) < 4.78 is 41.0. The Morgan fingerprint density at radius 1 is 1.19 bits per heavy atom. The minimum Gasteiger partial charge on any atom is -0.207 e. The average Bonchev–Trinajstić information content (AvgIpc) is 2.46.